The van der Waals surface area contributed by atoms with Gasteiger partial charge in [-0.2, -0.15) is 0 Å². The Labute approximate surface area is 123 Å². The molecule has 0 saturated heterocycles. The van der Waals surface area contributed by atoms with E-state index in [0.717, 1.165) is 5.56 Å². The summed E-state index contributed by atoms with van der Waals surface area (Å²) in [7, 11) is 3.44. The van der Waals surface area contributed by atoms with Gasteiger partial charge in [0.25, 0.3) is 5.91 Å². The van der Waals surface area contributed by atoms with E-state index in [-0.39, 0.29) is 11.9 Å². The number of anilines is 1. The molecule has 1 atom stereocenters. The minimum atomic E-state index is -0.0661. The second-order valence-electron chi connectivity index (χ2n) is 4.81. The van der Waals surface area contributed by atoms with Gasteiger partial charge in [0.2, 0.25) is 0 Å². The summed E-state index contributed by atoms with van der Waals surface area (Å²) in [5.74, 6) is -0.0661. The van der Waals surface area contributed by atoms with E-state index in [0.29, 0.717) is 16.3 Å². The lowest BCUT2D eigenvalue weighted by Crippen LogP contribution is -2.23. The summed E-state index contributed by atoms with van der Waals surface area (Å²) < 4.78 is 5.07. The average molecular weight is 293 g/mol. The van der Waals surface area contributed by atoms with Crippen molar-refractivity contribution in [2.45, 2.75) is 13.0 Å². The predicted molar refractivity (Wildman–Crippen MR) is 80.2 cm³/mol. The van der Waals surface area contributed by atoms with Crippen LogP contribution in [0.1, 0.15) is 28.9 Å². The summed E-state index contributed by atoms with van der Waals surface area (Å²) in [5.41, 5.74) is 2.31. The van der Waals surface area contributed by atoms with Crippen LogP contribution in [0.5, 0.6) is 0 Å². The Morgan fingerprint density at radius 3 is 2.70 bits per heavy atom. The van der Waals surface area contributed by atoms with Gasteiger partial charge in [0, 0.05) is 30.4 Å². The van der Waals surface area contributed by atoms with Crippen LogP contribution in [-0.2, 0) is 0 Å². The van der Waals surface area contributed by atoms with Gasteiger partial charge < -0.3 is 14.6 Å². The number of benzene rings is 1. The minimum absolute atomic E-state index is 0.0147. The van der Waals surface area contributed by atoms with E-state index < -0.39 is 0 Å². The van der Waals surface area contributed by atoms with Crippen LogP contribution < -0.4 is 5.32 Å². The van der Waals surface area contributed by atoms with Crippen molar-refractivity contribution >= 4 is 23.2 Å². The van der Waals surface area contributed by atoms with Crippen LogP contribution in [0, 0.1) is 0 Å². The number of hydrogen-bond acceptors (Lipinski definition) is 3. The third kappa shape index (κ3) is 3.14. The molecule has 1 aromatic heterocycles. The number of furan rings is 1. The average Bonchev–Trinajstić information content (AvgIpc) is 2.92. The number of nitrogens with one attached hydrogen (secondary N) is 1. The van der Waals surface area contributed by atoms with Crippen molar-refractivity contribution < 1.29 is 9.21 Å². The molecule has 20 heavy (non-hydrogen) atoms. The van der Waals surface area contributed by atoms with Gasteiger partial charge in [-0.15, -0.1) is 0 Å². The van der Waals surface area contributed by atoms with Crippen LogP contribution in [-0.4, -0.2) is 24.9 Å². The number of halogens is 1. The smallest absolute Gasteiger partial charge is 0.255 e. The summed E-state index contributed by atoms with van der Waals surface area (Å²) in [6.45, 7) is 2.00. The Morgan fingerprint density at radius 1 is 1.35 bits per heavy atom. The van der Waals surface area contributed by atoms with E-state index in [9.17, 15) is 4.79 Å². The molecule has 1 aromatic carbocycles. The normalized spacial score (nSPS) is 12.0. The molecule has 0 spiro atoms. The highest BCUT2D eigenvalue weighted by Gasteiger charge is 2.16. The fourth-order valence-electron chi connectivity index (χ4n) is 1.90. The van der Waals surface area contributed by atoms with Crippen LogP contribution in [0.3, 0.4) is 0 Å². The molecular weight excluding hydrogens is 276 g/mol. The monoisotopic (exact) mass is 292 g/mol. The molecule has 1 N–H and O–H groups in total. The first kappa shape index (κ1) is 14.5. The zero-order valence-electron chi connectivity index (χ0n) is 11.7. The van der Waals surface area contributed by atoms with Crippen molar-refractivity contribution in [1.29, 1.82) is 0 Å². The maximum Gasteiger partial charge on any atom is 0.255 e. The van der Waals surface area contributed by atoms with Gasteiger partial charge in [0.05, 0.1) is 24.1 Å². The van der Waals surface area contributed by atoms with E-state index in [1.165, 1.54) is 4.90 Å². The Bertz CT molecular complexity index is 594. The highest BCUT2D eigenvalue weighted by atomic mass is 35.5. The Kier molecular flexibility index (Phi) is 4.35. The molecule has 4 nitrogen and oxygen atoms in total. The molecule has 0 fully saturated rings. The van der Waals surface area contributed by atoms with E-state index in [2.05, 4.69) is 5.32 Å². The lowest BCUT2D eigenvalue weighted by molar-refractivity contribution is 0.0828. The second kappa shape index (κ2) is 6.01. The van der Waals surface area contributed by atoms with E-state index in [4.69, 9.17) is 16.0 Å². The van der Waals surface area contributed by atoms with Gasteiger partial charge >= 0.3 is 0 Å². The van der Waals surface area contributed by atoms with Crippen molar-refractivity contribution in [2.75, 3.05) is 19.4 Å². The van der Waals surface area contributed by atoms with Gasteiger partial charge in [-0.25, -0.2) is 0 Å². The zero-order chi connectivity index (χ0) is 14.7. The molecule has 106 valence electrons. The molecule has 0 bridgehead atoms. The number of rotatable bonds is 4. The van der Waals surface area contributed by atoms with Gasteiger partial charge in [0.15, 0.2) is 0 Å². The number of carbonyl (C=O) groups excluding carboxylic acids is 1. The standard InChI is InChI=1S/C15H17ClN2O2/c1-10(11-6-7-20-9-11)17-14-8-12(16)4-5-13(14)15(19)18(2)3/h4-10,17H,1-3H3. The first-order valence-electron chi connectivity index (χ1n) is 6.29. The molecule has 2 rings (SSSR count). The third-order valence-electron chi connectivity index (χ3n) is 3.03. The summed E-state index contributed by atoms with van der Waals surface area (Å²) in [5, 5.41) is 3.88. The van der Waals surface area contributed by atoms with Crippen LogP contribution >= 0.6 is 11.6 Å². The SMILES string of the molecule is CC(Nc1cc(Cl)ccc1C(=O)N(C)C)c1ccoc1. The van der Waals surface area contributed by atoms with Crippen molar-refractivity contribution in [3.8, 4) is 0 Å². The molecular formula is C15H17ClN2O2. The van der Waals surface area contributed by atoms with Crippen LogP contribution in [0.2, 0.25) is 5.02 Å². The molecule has 0 aliphatic carbocycles. The maximum atomic E-state index is 12.2. The molecule has 2 aromatic rings. The summed E-state index contributed by atoms with van der Waals surface area (Å²) in [6.07, 6.45) is 3.30. The molecule has 0 radical (unpaired) electrons. The third-order valence-corrected chi connectivity index (χ3v) is 3.27. The zero-order valence-corrected chi connectivity index (χ0v) is 12.4. The summed E-state index contributed by atoms with van der Waals surface area (Å²) in [6, 6.07) is 7.10. The number of amides is 1. The Balaban J connectivity index is 2.30. The molecule has 1 heterocycles. The number of nitrogens with zero attached hydrogens (tertiary/aromatic N) is 1. The molecule has 5 heteroatoms. The van der Waals surface area contributed by atoms with Gasteiger partial charge in [0.1, 0.15) is 0 Å². The topological polar surface area (TPSA) is 45.5 Å². The minimum Gasteiger partial charge on any atom is -0.472 e. The highest BCUT2D eigenvalue weighted by molar-refractivity contribution is 6.31. The van der Waals surface area contributed by atoms with E-state index in [1.54, 1.807) is 44.8 Å². The quantitative estimate of drug-likeness (QED) is 0.932. The lowest BCUT2D eigenvalue weighted by Gasteiger charge is -2.19. The Hall–Kier alpha value is -1.94. The fraction of sp³-hybridized carbons (Fsp3) is 0.267. The summed E-state index contributed by atoms with van der Waals surface area (Å²) >= 11 is 6.03. The molecule has 0 aliphatic rings. The fourth-order valence-corrected chi connectivity index (χ4v) is 2.07. The van der Waals surface area contributed by atoms with Crippen molar-refractivity contribution in [1.82, 2.24) is 4.90 Å². The van der Waals surface area contributed by atoms with Crippen LogP contribution in [0.15, 0.2) is 41.2 Å². The van der Waals surface area contributed by atoms with Crippen molar-refractivity contribution in [2.24, 2.45) is 0 Å². The predicted octanol–water partition coefficient (Wildman–Crippen LogP) is 3.81. The molecule has 1 amide bonds. The van der Waals surface area contributed by atoms with E-state index >= 15 is 0 Å². The van der Waals surface area contributed by atoms with Crippen LogP contribution in [0.25, 0.3) is 0 Å². The second-order valence-corrected chi connectivity index (χ2v) is 5.25. The van der Waals surface area contributed by atoms with Gasteiger partial charge in [-0.3, -0.25) is 4.79 Å². The van der Waals surface area contributed by atoms with Crippen molar-refractivity contribution in [3.63, 3.8) is 0 Å². The highest BCUT2D eigenvalue weighted by Crippen LogP contribution is 2.26. The Morgan fingerprint density at radius 2 is 2.10 bits per heavy atom. The lowest BCUT2D eigenvalue weighted by atomic mass is 10.1. The largest absolute Gasteiger partial charge is 0.472 e. The number of carbonyl (C=O) groups is 1. The first-order chi connectivity index (χ1) is 9.49. The molecule has 0 aliphatic heterocycles. The summed E-state index contributed by atoms with van der Waals surface area (Å²) in [4.78, 5) is 13.7. The maximum absolute atomic E-state index is 12.2. The van der Waals surface area contributed by atoms with Crippen molar-refractivity contribution in [3.05, 3.63) is 52.9 Å². The number of hydrogen-bond donors (Lipinski definition) is 1. The van der Waals surface area contributed by atoms with Gasteiger partial charge in [-0.05, 0) is 31.2 Å². The first-order valence-corrected chi connectivity index (χ1v) is 6.66. The molecule has 1 unspecified atom stereocenters. The van der Waals surface area contributed by atoms with E-state index in [1.807, 2.05) is 13.0 Å². The van der Waals surface area contributed by atoms with Gasteiger partial charge in [-0.1, -0.05) is 11.6 Å². The van der Waals surface area contributed by atoms with Crippen LogP contribution in [0.4, 0.5) is 5.69 Å². The molecule has 0 saturated carbocycles.